The highest BCUT2D eigenvalue weighted by Crippen LogP contribution is 2.45. The number of carbonyl (C=O) groups is 4. The van der Waals surface area contributed by atoms with E-state index in [9.17, 15) is 43.2 Å². The van der Waals surface area contributed by atoms with Gasteiger partial charge in [0.25, 0.3) is 0 Å². The predicted octanol–water partition coefficient (Wildman–Crippen LogP) is 21.0. The smallest absolute Gasteiger partial charge is 0.462 e. The molecule has 0 aliphatic rings. The van der Waals surface area contributed by atoms with Crippen LogP contribution in [0.3, 0.4) is 0 Å². The van der Waals surface area contributed by atoms with Gasteiger partial charge in [0, 0.05) is 25.7 Å². The van der Waals surface area contributed by atoms with E-state index in [2.05, 4.69) is 48.5 Å². The lowest BCUT2D eigenvalue weighted by molar-refractivity contribution is -0.161. The first-order valence-electron chi connectivity index (χ1n) is 37.9. The molecule has 0 fully saturated rings. The number of carbonyl (C=O) groups excluding carboxylic acids is 4. The van der Waals surface area contributed by atoms with Crippen molar-refractivity contribution in [1.29, 1.82) is 0 Å². The van der Waals surface area contributed by atoms with Gasteiger partial charge in [0.1, 0.15) is 19.3 Å². The van der Waals surface area contributed by atoms with Gasteiger partial charge in [-0.15, -0.1) is 0 Å². The Kier molecular flexibility index (Phi) is 62.4. The van der Waals surface area contributed by atoms with Gasteiger partial charge in [-0.2, -0.15) is 0 Å². The van der Waals surface area contributed by atoms with Gasteiger partial charge in [-0.05, 0) is 43.4 Å². The molecule has 0 amide bonds. The normalized spacial score (nSPS) is 14.7. The topological polar surface area (TPSA) is 237 Å². The van der Waals surface area contributed by atoms with Crippen LogP contribution in [0.25, 0.3) is 0 Å². The summed E-state index contributed by atoms with van der Waals surface area (Å²) in [5, 5.41) is 10.6. The van der Waals surface area contributed by atoms with Crippen LogP contribution >= 0.6 is 15.6 Å². The van der Waals surface area contributed by atoms with Crippen LogP contribution in [0.5, 0.6) is 0 Å². The molecular formula is C73H142O17P2. The van der Waals surface area contributed by atoms with Gasteiger partial charge in [-0.1, -0.05) is 318 Å². The van der Waals surface area contributed by atoms with E-state index in [4.69, 9.17) is 37.0 Å². The third-order valence-electron chi connectivity index (χ3n) is 17.6. The number of rotatable bonds is 71. The van der Waals surface area contributed by atoms with Crippen LogP contribution in [0.15, 0.2) is 0 Å². The minimum absolute atomic E-state index is 0.104. The Morgan fingerprint density at radius 1 is 0.315 bits per heavy atom. The molecule has 0 radical (unpaired) electrons. The number of ether oxygens (including phenoxy) is 4. The van der Waals surface area contributed by atoms with Gasteiger partial charge in [0.15, 0.2) is 12.2 Å². The standard InChI is InChI=1S/C73H142O17P2/c1-8-11-12-13-14-15-16-17-18-19-20-21-22-23-26-33-42-49-56-72(77)89-68(60-83-70(75)54-47-40-32-27-24-25-30-37-44-51-64(4)5)62-87-91(79,80)85-58-67(74)59-86-92(81,82)88-63-69(61-84-71(76)55-48-41-36-35-39-46-53-66(7)10-3)90-73(78)57-50-43-34-29-28-31-38-45-52-65(6)9-2/h64-69,74H,8-63H2,1-7H3,(H,79,80)(H,81,82)/t65?,66?,67-,68-,69-/m1/s1. The van der Waals surface area contributed by atoms with E-state index in [1.54, 1.807) is 0 Å². The average molecular weight is 1350 g/mol. The van der Waals surface area contributed by atoms with Crippen molar-refractivity contribution in [3.63, 3.8) is 0 Å². The maximum Gasteiger partial charge on any atom is 0.472 e. The summed E-state index contributed by atoms with van der Waals surface area (Å²) in [7, 11) is -9.91. The molecule has 92 heavy (non-hydrogen) atoms. The number of phosphoric acid groups is 2. The predicted molar refractivity (Wildman–Crippen MR) is 372 cm³/mol. The first-order valence-corrected chi connectivity index (χ1v) is 40.9. The monoisotopic (exact) mass is 1350 g/mol. The molecular weight excluding hydrogens is 1210 g/mol. The average Bonchev–Trinajstić information content (AvgIpc) is 3.23. The fraction of sp³-hybridized carbons (Fsp3) is 0.945. The molecule has 7 atom stereocenters. The van der Waals surface area contributed by atoms with Crippen LogP contribution in [0, 0.1) is 17.8 Å². The van der Waals surface area contributed by atoms with Crippen LogP contribution < -0.4 is 0 Å². The fourth-order valence-electron chi connectivity index (χ4n) is 11.0. The number of hydrogen-bond acceptors (Lipinski definition) is 15. The Morgan fingerprint density at radius 3 is 0.826 bits per heavy atom. The molecule has 4 unspecified atom stereocenters. The van der Waals surface area contributed by atoms with Crippen LogP contribution in [0.2, 0.25) is 0 Å². The van der Waals surface area contributed by atoms with Gasteiger partial charge in [0.2, 0.25) is 0 Å². The summed E-state index contributed by atoms with van der Waals surface area (Å²) in [6, 6.07) is 0. The van der Waals surface area contributed by atoms with Gasteiger partial charge in [-0.25, -0.2) is 9.13 Å². The Hall–Kier alpha value is -1.94. The summed E-state index contributed by atoms with van der Waals surface area (Å²) in [6.45, 7) is 11.8. The molecule has 0 spiro atoms. The van der Waals surface area contributed by atoms with Crippen LogP contribution in [-0.2, 0) is 65.4 Å². The van der Waals surface area contributed by atoms with E-state index >= 15 is 0 Å². The molecule has 0 aliphatic heterocycles. The first kappa shape index (κ1) is 90.1. The molecule has 3 N–H and O–H groups in total. The van der Waals surface area contributed by atoms with E-state index in [0.29, 0.717) is 25.7 Å². The number of phosphoric ester groups is 2. The van der Waals surface area contributed by atoms with Gasteiger partial charge in [-0.3, -0.25) is 37.3 Å². The van der Waals surface area contributed by atoms with Gasteiger partial charge < -0.3 is 33.8 Å². The number of esters is 4. The number of aliphatic hydroxyl groups is 1. The Morgan fingerprint density at radius 2 is 0.554 bits per heavy atom. The Balaban J connectivity index is 5.24. The number of unbranched alkanes of at least 4 members (excludes halogenated alkanes) is 37. The van der Waals surface area contributed by atoms with Crippen LogP contribution in [0.1, 0.15) is 370 Å². The van der Waals surface area contributed by atoms with Crippen molar-refractivity contribution >= 4 is 39.5 Å². The third kappa shape index (κ3) is 64.1. The minimum atomic E-state index is -4.95. The second-order valence-corrected chi connectivity index (χ2v) is 30.2. The lowest BCUT2D eigenvalue weighted by atomic mass is 9.99. The SMILES string of the molecule is CCCCCCCCCCCCCCCCCCCCC(=O)O[C@H](COC(=O)CCCCCCCCCCCC(C)C)COP(=O)(O)OC[C@@H](O)COP(=O)(O)OC[C@@H](COC(=O)CCCCCCCCC(C)CC)OC(=O)CCCCCCCCCCC(C)CC. The van der Waals surface area contributed by atoms with Crippen molar-refractivity contribution in [3.05, 3.63) is 0 Å². The van der Waals surface area contributed by atoms with Crippen molar-refractivity contribution in [2.45, 2.75) is 388 Å². The molecule has 0 saturated heterocycles. The van der Waals surface area contributed by atoms with Gasteiger partial charge in [0.05, 0.1) is 26.4 Å². The summed E-state index contributed by atoms with van der Waals surface area (Å²) in [4.78, 5) is 72.7. The van der Waals surface area contributed by atoms with Crippen LogP contribution in [-0.4, -0.2) is 96.7 Å². The summed E-state index contributed by atoms with van der Waals surface area (Å²) < 4.78 is 68.4. The molecule has 0 heterocycles. The van der Waals surface area contributed by atoms with Crippen molar-refractivity contribution in [1.82, 2.24) is 0 Å². The third-order valence-corrected chi connectivity index (χ3v) is 19.5. The summed E-state index contributed by atoms with van der Waals surface area (Å²) in [5.41, 5.74) is 0. The molecule has 17 nitrogen and oxygen atoms in total. The van der Waals surface area contributed by atoms with E-state index in [0.717, 1.165) is 114 Å². The molecule has 0 aromatic rings. The maximum atomic E-state index is 13.1. The van der Waals surface area contributed by atoms with Crippen molar-refractivity contribution in [3.8, 4) is 0 Å². The molecule has 0 bridgehead atoms. The highest BCUT2D eigenvalue weighted by atomic mass is 31.2. The quantitative estimate of drug-likeness (QED) is 0.0222. The molecule has 0 aromatic heterocycles. The summed E-state index contributed by atoms with van der Waals surface area (Å²) in [6.07, 6.45) is 48.6. The van der Waals surface area contributed by atoms with E-state index in [1.165, 1.54) is 173 Å². The van der Waals surface area contributed by atoms with Crippen molar-refractivity contribution in [2.75, 3.05) is 39.6 Å². The Labute approximate surface area is 562 Å². The molecule has 0 saturated carbocycles. The summed E-state index contributed by atoms with van der Waals surface area (Å²) in [5.74, 6) is 0.119. The van der Waals surface area contributed by atoms with Crippen molar-refractivity contribution < 1.29 is 80.2 Å². The van der Waals surface area contributed by atoms with Crippen molar-refractivity contribution in [2.24, 2.45) is 17.8 Å². The maximum absolute atomic E-state index is 13.1. The lowest BCUT2D eigenvalue weighted by Gasteiger charge is -2.21. The molecule has 19 heteroatoms. The largest absolute Gasteiger partial charge is 0.472 e. The molecule has 0 rings (SSSR count). The second-order valence-electron chi connectivity index (χ2n) is 27.3. The van der Waals surface area contributed by atoms with E-state index < -0.39 is 97.5 Å². The van der Waals surface area contributed by atoms with Gasteiger partial charge >= 0.3 is 39.5 Å². The molecule has 0 aromatic carbocycles. The zero-order valence-corrected chi connectivity index (χ0v) is 61.8. The molecule has 0 aliphatic carbocycles. The fourth-order valence-corrected chi connectivity index (χ4v) is 12.6. The van der Waals surface area contributed by atoms with E-state index in [1.807, 2.05) is 0 Å². The van der Waals surface area contributed by atoms with Crippen LogP contribution in [0.4, 0.5) is 0 Å². The second kappa shape index (κ2) is 63.8. The first-order chi connectivity index (χ1) is 44.3. The molecule has 546 valence electrons. The highest BCUT2D eigenvalue weighted by Gasteiger charge is 2.30. The number of hydrogen-bond donors (Lipinski definition) is 3. The zero-order valence-electron chi connectivity index (χ0n) is 60.0. The highest BCUT2D eigenvalue weighted by molar-refractivity contribution is 7.47. The minimum Gasteiger partial charge on any atom is -0.462 e. The zero-order chi connectivity index (χ0) is 68.0. The lowest BCUT2D eigenvalue weighted by Crippen LogP contribution is -2.30. The van der Waals surface area contributed by atoms with E-state index in [-0.39, 0.29) is 25.7 Å². The number of aliphatic hydroxyl groups excluding tert-OH is 1. The Bertz CT molecular complexity index is 1810. The summed E-state index contributed by atoms with van der Waals surface area (Å²) >= 11 is 0.